The third-order valence-corrected chi connectivity index (χ3v) is 6.41. The van der Waals surface area contributed by atoms with E-state index < -0.39 is 0 Å². The number of benzene rings is 3. The largest absolute Gasteiger partial charge is 0.457 e. The van der Waals surface area contributed by atoms with Crippen LogP contribution in [0.25, 0.3) is 56.2 Å². The van der Waals surface area contributed by atoms with E-state index in [0.717, 1.165) is 55.9 Å². The van der Waals surface area contributed by atoms with Crippen LogP contribution >= 0.6 is 0 Å². The molecule has 0 bridgehead atoms. The maximum absolute atomic E-state index is 6.19. The molecule has 7 aromatic rings. The Kier molecular flexibility index (Phi) is 8.85. The molecule has 41 heavy (non-hydrogen) atoms. The average molecular weight is 709 g/mol. The van der Waals surface area contributed by atoms with Gasteiger partial charge in [-0.25, -0.2) is 9.97 Å². The third-order valence-electron chi connectivity index (χ3n) is 6.41. The van der Waals surface area contributed by atoms with Crippen LogP contribution in [0, 0.1) is 19.1 Å². The van der Waals surface area contributed by atoms with E-state index in [1.165, 1.54) is 0 Å². The molecule has 0 spiro atoms. The molecule has 201 valence electrons. The van der Waals surface area contributed by atoms with E-state index in [9.17, 15) is 0 Å². The van der Waals surface area contributed by atoms with Gasteiger partial charge in [0.15, 0.2) is 5.82 Å². The summed E-state index contributed by atoms with van der Waals surface area (Å²) in [7, 11) is 0. The van der Waals surface area contributed by atoms with Crippen molar-refractivity contribution >= 4 is 11.0 Å². The Labute approximate surface area is 252 Å². The van der Waals surface area contributed by atoms with Gasteiger partial charge in [0.2, 0.25) is 0 Å². The second-order valence-corrected chi connectivity index (χ2v) is 9.04. The van der Waals surface area contributed by atoms with Crippen molar-refractivity contribution in [2.75, 3.05) is 0 Å². The molecule has 0 fully saturated rings. The molecular formula is C35H24IrN4O-2. The number of hydrogen-bond acceptors (Lipinski definition) is 5. The van der Waals surface area contributed by atoms with Crippen molar-refractivity contribution in [3.63, 3.8) is 0 Å². The molecule has 0 unspecified atom stereocenters. The van der Waals surface area contributed by atoms with Crippen LogP contribution in [-0.2, 0) is 20.1 Å². The number of fused-ring (bicyclic) bond motifs is 1. The van der Waals surface area contributed by atoms with Crippen molar-refractivity contribution < 1.29 is 24.5 Å². The normalized spacial score (nSPS) is 10.4. The SMILES string of the molecule is Cc1c(-c2cc[c-]c(-c3ccccn3)c2)oc2ccc(-c3ncccn3)cc12.[Ir].[c-]1ccccc1-c1ccccn1. The van der Waals surface area contributed by atoms with Crippen LogP contribution in [0.5, 0.6) is 0 Å². The van der Waals surface area contributed by atoms with Crippen LogP contribution < -0.4 is 0 Å². The van der Waals surface area contributed by atoms with Crippen molar-refractivity contribution in [1.82, 2.24) is 19.9 Å². The summed E-state index contributed by atoms with van der Waals surface area (Å²) >= 11 is 0. The predicted octanol–water partition coefficient (Wildman–Crippen LogP) is 8.27. The first-order valence-corrected chi connectivity index (χ1v) is 12.9. The molecule has 0 saturated heterocycles. The Morgan fingerprint density at radius 2 is 1.27 bits per heavy atom. The predicted molar refractivity (Wildman–Crippen MR) is 158 cm³/mol. The molecule has 7 rings (SSSR count). The monoisotopic (exact) mass is 709 g/mol. The number of pyridine rings is 2. The van der Waals surface area contributed by atoms with Crippen LogP contribution in [0.2, 0.25) is 0 Å². The molecule has 0 N–H and O–H groups in total. The summed E-state index contributed by atoms with van der Waals surface area (Å²) in [5.41, 5.74) is 7.75. The van der Waals surface area contributed by atoms with Crippen LogP contribution in [0.4, 0.5) is 0 Å². The smallest absolute Gasteiger partial charge is 0.159 e. The van der Waals surface area contributed by atoms with Gasteiger partial charge in [-0.2, -0.15) is 0 Å². The van der Waals surface area contributed by atoms with Gasteiger partial charge in [0.1, 0.15) is 11.3 Å². The van der Waals surface area contributed by atoms with Gasteiger partial charge in [-0.3, -0.25) is 0 Å². The zero-order valence-corrected chi connectivity index (χ0v) is 24.5. The first kappa shape index (κ1) is 27.8. The van der Waals surface area contributed by atoms with E-state index in [2.05, 4.69) is 51.1 Å². The standard InChI is InChI=1S/C24H16N3O.C11H8N.Ir/c1-16-20-15-19(24-26-12-5-13-27-24)9-10-22(20)28-23(16)18-7-4-6-17(14-18)21-8-2-3-11-25-21;1-2-6-10(7-3-1)11-8-4-5-9-12-11;/h2-5,7-15H,1H3;1-6,8-9H;/q2*-1;. The van der Waals surface area contributed by atoms with E-state index in [-0.39, 0.29) is 20.1 Å². The van der Waals surface area contributed by atoms with Gasteiger partial charge < -0.3 is 14.4 Å². The molecule has 4 aromatic heterocycles. The van der Waals surface area contributed by atoms with Crippen molar-refractivity contribution in [1.29, 1.82) is 0 Å². The van der Waals surface area contributed by atoms with Crippen molar-refractivity contribution in [3.05, 3.63) is 146 Å². The van der Waals surface area contributed by atoms with E-state index in [1.807, 2.05) is 91.0 Å². The number of hydrogen-bond donors (Lipinski definition) is 0. The minimum absolute atomic E-state index is 0. The van der Waals surface area contributed by atoms with Crippen LogP contribution in [0.1, 0.15) is 5.56 Å². The molecule has 0 saturated carbocycles. The Morgan fingerprint density at radius 3 is 1.95 bits per heavy atom. The minimum atomic E-state index is 0. The minimum Gasteiger partial charge on any atom is -0.457 e. The number of furan rings is 1. The maximum Gasteiger partial charge on any atom is 0.159 e. The summed E-state index contributed by atoms with van der Waals surface area (Å²) < 4.78 is 6.19. The number of aromatic nitrogens is 4. The van der Waals surface area contributed by atoms with Crippen molar-refractivity contribution in [3.8, 4) is 45.2 Å². The first-order valence-electron chi connectivity index (χ1n) is 12.9. The van der Waals surface area contributed by atoms with Gasteiger partial charge in [0.25, 0.3) is 0 Å². The third kappa shape index (κ3) is 6.36. The molecule has 0 amide bonds. The van der Waals surface area contributed by atoms with Gasteiger partial charge in [-0.15, -0.1) is 65.7 Å². The van der Waals surface area contributed by atoms with Crippen LogP contribution in [0.3, 0.4) is 0 Å². The van der Waals surface area contributed by atoms with Crippen LogP contribution in [-0.4, -0.2) is 19.9 Å². The summed E-state index contributed by atoms with van der Waals surface area (Å²) in [6.07, 6.45) is 7.07. The Morgan fingerprint density at radius 1 is 0.585 bits per heavy atom. The Balaban J connectivity index is 0.000000218. The quantitative estimate of drug-likeness (QED) is 0.172. The fourth-order valence-electron chi connectivity index (χ4n) is 4.44. The molecule has 1 radical (unpaired) electrons. The van der Waals surface area contributed by atoms with E-state index in [4.69, 9.17) is 4.42 Å². The average Bonchev–Trinajstić information content (AvgIpc) is 3.38. The molecule has 0 aliphatic rings. The van der Waals surface area contributed by atoms with E-state index in [0.29, 0.717) is 5.82 Å². The fraction of sp³-hybridized carbons (Fsp3) is 0.0286. The molecular weight excluding hydrogens is 685 g/mol. The zero-order chi connectivity index (χ0) is 27.1. The molecule has 0 atom stereocenters. The van der Waals surface area contributed by atoms with Gasteiger partial charge in [0.05, 0.1) is 0 Å². The van der Waals surface area contributed by atoms with E-state index >= 15 is 0 Å². The molecule has 5 nitrogen and oxygen atoms in total. The van der Waals surface area contributed by atoms with E-state index in [1.54, 1.807) is 24.8 Å². The summed E-state index contributed by atoms with van der Waals surface area (Å²) in [6.45, 7) is 2.08. The van der Waals surface area contributed by atoms with Gasteiger partial charge in [0, 0.05) is 61.4 Å². The fourth-order valence-corrected chi connectivity index (χ4v) is 4.44. The first-order chi connectivity index (χ1) is 19.8. The second-order valence-electron chi connectivity index (χ2n) is 9.04. The summed E-state index contributed by atoms with van der Waals surface area (Å²) in [4.78, 5) is 17.3. The maximum atomic E-state index is 6.19. The number of nitrogens with zero attached hydrogens (tertiary/aromatic N) is 4. The molecule has 3 aromatic carbocycles. The number of rotatable bonds is 4. The van der Waals surface area contributed by atoms with Gasteiger partial charge >= 0.3 is 0 Å². The Bertz CT molecular complexity index is 1800. The Hall–Kier alpha value is -4.77. The topological polar surface area (TPSA) is 64.7 Å². The zero-order valence-electron chi connectivity index (χ0n) is 22.2. The van der Waals surface area contributed by atoms with Gasteiger partial charge in [-0.1, -0.05) is 29.8 Å². The van der Waals surface area contributed by atoms with Crippen LogP contribution in [0.15, 0.2) is 132 Å². The van der Waals surface area contributed by atoms with Gasteiger partial charge in [-0.05, 0) is 54.7 Å². The molecule has 0 aliphatic carbocycles. The summed E-state index contributed by atoms with van der Waals surface area (Å²) in [5.74, 6) is 1.56. The number of aryl methyl sites for hydroxylation is 1. The second kappa shape index (κ2) is 13.1. The molecule has 6 heteroatoms. The summed E-state index contributed by atoms with van der Waals surface area (Å²) in [5, 5.41) is 1.06. The van der Waals surface area contributed by atoms with Crippen molar-refractivity contribution in [2.24, 2.45) is 0 Å². The summed E-state index contributed by atoms with van der Waals surface area (Å²) in [6, 6.07) is 39.8. The molecule has 0 aliphatic heterocycles. The molecule has 4 heterocycles. The van der Waals surface area contributed by atoms with Crippen molar-refractivity contribution in [2.45, 2.75) is 6.92 Å².